The molecular formula is C78H91Cl6N9O23S3. The van der Waals surface area contributed by atoms with Gasteiger partial charge in [-0.3, -0.25) is 28.8 Å². The van der Waals surface area contributed by atoms with Gasteiger partial charge in [-0.1, -0.05) is 106 Å². The summed E-state index contributed by atoms with van der Waals surface area (Å²) in [6.45, 7) is 5.36. The molecule has 5 aliphatic heterocycles. The van der Waals surface area contributed by atoms with Crippen LogP contribution in [0.3, 0.4) is 0 Å². The van der Waals surface area contributed by atoms with Crippen LogP contribution in [-0.2, 0) is 112 Å². The van der Waals surface area contributed by atoms with Crippen LogP contribution in [0.5, 0.6) is 0 Å². The van der Waals surface area contributed by atoms with Gasteiger partial charge in [0.2, 0.25) is 20.0 Å². The van der Waals surface area contributed by atoms with E-state index in [-0.39, 0.29) is 146 Å². The number of nitrogens with zero attached hydrogens (tertiary/aromatic N) is 5. The molecule has 0 saturated carbocycles. The highest BCUT2D eigenvalue weighted by Gasteiger charge is 2.42. The zero-order chi connectivity index (χ0) is 86.8. The molecule has 5 heterocycles. The molecule has 2 saturated heterocycles. The molecule has 7 unspecified atom stereocenters. The van der Waals surface area contributed by atoms with Crippen molar-refractivity contribution in [2.45, 2.75) is 121 Å². The standard InChI is InChI=1S/C46H54Cl4N4O10S2.C20H25Cl2N3O3S.C12H12N2O10/c1-53-25-37(35-21-31(47)23-41(49)39(35)27-53)29-7-3-9-33(19-29)65(59,60)18-6-15-63-14-5-11-43(55)44(56)45(57)46(58)51-12-16-64-17-13-52-66(61,62)34-10-4-8-30(20-34)38-26-54(2)28-40-36(38)22-32(48)24-42(40)50;1-25-12-18(17-10-15(21)11-20(22)19(17)13-25)14-3-2-4-16(9-14)29(26,27)24-6-8-28-7-5-23;15-5-1-2-6(16)13(5)23-11(21)9(19)10(20)12(22)24-14-7(17)3-4-8(14)18/h3-4,7-10,19-24,37-38,44-45,52,56-57H,5-6,11-18,25-28H2,1-2H3,(H,51,58);2-4,9-11,18,24H,5-8,12-13,23H2,1H3;9-10,19-20H,1-4H2. The Labute approximate surface area is 718 Å². The van der Waals surface area contributed by atoms with Gasteiger partial charge in [-0.15, -0.1) is 10.1 Å². The minimum Gasteiger partial charge on any atom is -0.382 e. The van der Waals surface area contributed by atoms with Crippen molar-refractivity contribution >= 4 is 147 Å². The Morgan fingerprint density at radius 3 is 1.21 bits per heavy atom. The SMILES string of the molecule is CN1Cc2c(Cl)cc(Cl)cc2C(c2cccc(S(=O)(=O)CCCOCCCC(=O)C(O)C(O)C(=O)NCCOCCNS(=O)(=O)c3cccc(C4CN(C)Cc5c(Cl)cc(Cl)cc54)c3)c2)C1.CN1Cc2c(Cl)cc(Cl)cc2C(c2cccc(S(=O)(=O)NCCOCCN)c2)C1.O=C(ON1C(=O)CCC1=O)C(O)C(O)C(=O)ON1C(=O)CCC1=O. The molecule has 0 aliphatic carbocycles. The van der Waals surface area contributed by atoms with Gasteiger partial charge in [0, 0.05) is 159 Å². The van der Waals surface area contributed by atoms with Crippen molar-refractivity contribution in [3.05, 3.63) is 189 Å². The number of carbonyl (C=O) groups excluding carboxylic acids is 8. The molecule has 6 aromatic carbocycles. The predicted molar refractivity (Wildman–Crippen MR) is 437 cm³/mol. The molecular weight excluding hydrogens is 1740 g/mol. The third-order valence-electron chi connectivity index (χ3n) is 19.6. The third kappa shape index (κ3) is 25.9. The minimum atomic E-state index is -3.90. The second kappa shape index (κ2) is 43.7. The summed E-state index contributed by atoms with van der Waals surface area (Å²) in [6.07, 6.45) is -9.58. The predicted octanol–water partition coefficient (Wildman–Crippen LogP) is 5.56. The lowest BCUT2D eigenvalue weighted by atomic mass is 9.85. The number of ketones is 1. The van der Waals surface area contributed by atoms with Gasteiger partial charge in [0.25, 0.3) is 29.5 Å². The van der Waals surface area contributed by atoms with Crippen LogP contribution in [0.25, 0.3) is 0 Å². The lowest BCUT2D eigenvalue weighted by molar-refractivity contribution is -0.216. The molecule has 32 nitrogen and oxygen atoms in total. The number of hydroxylamine groups is 4. The first-order chi connectivity index (χ1) is 56.4. The van der Waals surface area contributed by atoms with Crippen LogP contribution in [0.4, 0.5) is 0 Å². The molecule has 41 heteroatoms. The van der Waals surface area contributed by atoms with Crippen LogP contribution in [0.1, 0.15) is 113 Å². The maximum atomic E-state index is 13.3. The molecule has 119 heavy (non-hydrogen) atoms. The van der Waals surface area contributed by atoms with Crippen molar-refractivity contribution in [1.29, 1.82) is 0 Å². The van der Waals surface area contributed by atoms with E-state index >= 15 is 0 Å². The quantitative estimate of drug-likeness (QED) is 0.0178. The minimum absolute atomic E-state index is 0.0247. The van der Waals surface area contributed by atoms with Crippen LogP contribution in [0, 0.1) is 0 Å². The number of imide groups is 2. The summed E-state index contributed by atoms with van der Waals surface area (Å²) in [5, 5.41) is 45.6. The largest absolute Gasteiger partial charge is 0.382 e. The van der Waals surface area contributed by atoms with E-state index < -0.39 is 102 Å². The molecule has 7 atom stereocenters. The first-order valence-electron chi connectivity index (χ1n) is 37.5. The molecule has 0 bridgehead atoms. The summed E-state index contributed by atoms with van der Waals surface area (Å²) in [5.74, 6) is -8.83. The van der Waals surface area contributed by atoms with Crippen LogP contribution < -0.4 is 20.5 Å². The number of carbonyl (C=O) groups is 8. The van der Waals surface area contributed by atoms with Crippen molar-refractivity contribution < 1.29 is 108 Å². The van der Waals surface area contributed by atoms with E-state index in [1.807, 2.05) is 57.5 Å². The smallest absolute Gasteiger partial charge is 0.364 e. The number of ether oxygens (including phenoxy) is 3. The van der Waals surface area contributed by atoms with Crippen molar-refractivity contribution in [3.8, 4) is 0 Å². The van der Waals surface area contributed by atoms with Gasteiger partial charge in [-0.25, -0.2) is 44.3 Å². The molecule has 0 aromatic heterocycles. The van der Waals surface area contributed by atoms with E-state index in [2.05, 4.69) is 39.1 Å². The molecule has 11 rings (SSSR count). The Morgan fingerprint density at radius 2 is 0.815 bits per heavy atom. The number of amides is 5. The summed E-state index contributed by atoms with van der Waals surface area (Å²) in [4.78, 5) is 109. The number of fused-ring (bicyclic) bond motifs is 3. The number of nitrogens with two attached hydrogens (primary N) is 1. The Kier molecular flexibility index (Phi) is 35.1. The summed E-state index contributed by atoms with van der Waals surface area (Å²) < 4.78 is 99.5. The number of sulfone groups is 1. The van der Waals surface area contributed by atoms with Gasteiger partial charge in [0.1, 0.15) is 6.10 Å². The molecule has 2 fully saturated rings. The number of aliphatic hydroxyl groups excluding tert-OH is 4. The average molecular weight is 1830 g/mol. The van der Waals surface area contributed by atoms with Gasteiger partial charge in [-0.2, -0.15) is 0 Å². The maximum absolute atomic E-state index is 13.3. The first kappa shape index (κ1) is 95.6. The number of Topliss-reactive ketones (excluding diaryl/α,β-unsaturated/α-hetero) is 1. The molecule has 0 radical (unpaired) electrons. The van der Waals surface area contributed by atoms with Crippen LogP contribution in [0.15, 0.2) is 124 Å². The average Bonchev–Trinajstić information content (AvgIpc) is 0.920. The normalized spacial score (nSPS) is 18.2. The highest BCUT2D eigenvalue weighted by atomic mass is 35.5. The summed E-state index contributed by atoms with van der Waals surface area (Å²) >= 11 is 38.3. The Morgan fingerprint density at radius 1 is 0.462 bits per heavy atom. The Balaban J connectivity index is 0.000000247. The van der Waals surface area contributed by atoms with Gasteiger partial charge in [0.15, 0.2) is 33.9 Å². The molecule has 6 aromatic rings. The van der Waals surface area contributed by atoms with Crippen molar-refractivity contribution in [2.75, 3.05) is 112 Å². The molecule has 0 spiro atoms. The molecule has 646 valence electrons. The number of nitrogens with one attached hydrogen (secondary N) is 3. The summed E-state index contributed by atoms with van der Waals surface area (Å²) in [6, 6.07) is 31.4. The second-order valence-corrected chi connectivity index (χ2v) is 36.7. The highest BCUT2D eigenvalue weighted by Crippen LogP contribution is 2.43. The van der Waals surface area contributed by atoms with E-state index in [0.29, 0.717) is 69.5 Å². The lowest BCUT2D eigenvalue weighted by Gasteiger charge is -2.33. The van der Waals surface area contributed by atoms with E-state index in [1.54, 1.807) is 66.7 Å². The van der Waals surface area contributed by atoms with Crippen molar-refractivity contribution in [2.24, 2.45) is 5.73 Å². The van der Waals surface area contributed by atoms with E-state index in [0.717, 1.165) is 63.2 Å². The number of hydrogen-bond acceptors (Lipinski definition) is 27. The van der Waals surface area contributed by atoms with Gasteiger partial charge >= 0.3 is 11.9 Å². The fourth-order valence-corrected chi connectivity index (χ4v) is 18.8. The van der Waals surface area contributed by atoms with E-state index in [1.165, 1.54) is 6.07 Å². The van der Waals surface area contributed by atoms with Gasteiger partial charge < -0.3 is 70.1 Å². The summed E-state index contributed by atoms with van der Waals surface area (Å²) in [7, 11) is -5.22. The second-order valence-electron chi connectivity index (χ2n) is 28.6. The number of rotatable bonds is 35. The van der Waals surface area contributed by atoms with Gasteiger partial charge in [0.05, 0.1) is 46.9 Å². The third-order valence-corrected chi connectivity index (χ3v) is 26.0. The summed E-state index contributed by atoms with van der Waals surface area (Å²) in [5.41, 5.74) is 13.8. The first-order valence-corrected chi connectivity index (χ1v) is 44.4. The van der Waals surface area contributed by atoms with Crippen LogP contribution >= 0.6 is 69.6 Å². The van der Waals surface area contributed by atoms with Crippen molar-refractivity contribution in [1.82, 2.24) is 39.6 Å². The number of likely N-dealkylation sites (N-methyl/N-ethyl adjacent to an activating group) is 3. The molecule has 9 N–H and O–H groups in total. The molecule has 5 aliphatic rings. The number of hydrogen-bond donors (Lipinski definition) is 8. The maximum Gasteiger partial charge on any atom is 0.364 e. The zero-order valence-corrected chi connectivity index (χ0v) is 71.7. The fraction of sp³-hybridized carbons (Fsp3) is 0.436. The van der Waals surface area contributed by atoms with Gasteiger partial charge in [-0.05, 0) is 157 Å². The number of sulfonamides is 2. The number of halogens is 6. The number of benzene rings is 6. The van der Waals surface area contributed by atoms with E-state index in [4.69, 9.17) is 89.5 Å². The number of aliphatic hydroxyl groups is 4. The monoisotopic (exact) mass is 1830 g/mol. The van der Waals surface area contributed by atoms with Crippen LogP contribution in [0.2, 0.25) is 30.1 Å². The fourth-order valence-electron chi connectivity index (χ4n) is 13.7. The topological polar surface area (TPSA) is 444 Å². The molecule has 5 amide bonds. The van der Waals surface area contributed by atoms with Crippen molar-refractivity contribution in [3.63, 3.8) is 0 Å². The van der Waals surface area contributed by atoms with E-state index in [9.17, 15) is 84.0 Å². The zero-order valence-electron chi connectivity index (χ0n) is 64.8. The lowest BCUT2D eigenvalue weighted by Crippen LogP contribution is -2.47. The Bertz CT molecular complexity index is 4820. The Hall–Kier alpha value is -7.25. The van der Waals surface area contributed by atoms with Crippen LogP contribution in [-0.4, -0.2) is 255 Å². The highest BCUT2D eigenvalue weighted by molar-refractivity contribution is 7.91.